The molecule has 1 atom stereocenters. The number of benzene rings is 1. The molecule has 0 aromatic heterocycles. The number of phenols is 1. The number of phenolic OH excluding ortho intramolecular Hbond substituents is 1. The Balaban J connectivity index is 3.43. The van der Waals surface area contributed by atoms with Crippen LogP contribution in [0.25, 0.3) is 0 Å². The quantitative estimate of drug-likeness (QED) is 0.698. The van der Waals surface area contributed by atoms with E-state index in [4.69, 9.17) is 5.73 Å². The van der Waals surface area contributed by atoms with Crippen molar-refractivity contribution in [2.45, 2.75) is 6.10 Å². The summed E-state index contributed by atoms with van der Waals surface area (Å²) in [6.45, 7) is -0.285. The van der Waals surface area contributed by atoms with Crippen molar-refractivity contribution in [3.63, 3.8) is 0 Å². The van der Waals surface area contributed by atoms with Gasteiger partial charge in [0.25, 0.3) is 0 Å². The summed E-state index contributed by atoms with van der Waals surface area (Å²) in [4.78, 5) is 0. The van der Waals surface area contributed by atoms with E-state index < -0.39 is 29.2 Å². The van der Waals surface area contributed by atoms with Gasteiger partial charge in [-0.3, -0.25) is 0 Å². The summed E-state index contributed by atoms with van der Waals surface area (Å²) in [6, 6.07) is 0.473. The number of ether oxygens (including phenoxy) is 1. The van der Waals surface area contributed by atoms with Crippen LogP contribution < -0.4 is 10.5 Å². The van der Waals surface area contributed by atoms with E-state index in [0.717, 1.165) is 7.11 Å². The lowest BCUT2D eigenvalue weighted by atomic mass is 10.1. The lowest BCUT2D eigenvalue weighted by Gasteiger charge is -2.15. The van der Waals surface area contributed by atoms with Crippen molar-refractivity contribution in [3.8, 4) is 11.5 Å². The topological polar surface area (TPSA) is 75.7 Å². The first-order chi connectivity index (χ1) is 7.02. The van der Waals surface area contributed by atoms with Gasteiger partial charge in [-0.1, -0.05) is 0 Å². The second kappa shape index (κ2) is 4.41. The van der Waals surface area contributed by atoms with Crippen molar-refractivity contribution in [2.24, 2.45) is 5.73 Å². The second-order valence-corrected chi connectivity index (χ2v) is 2.89. The summed E-state index contributed by atoms with van der Waals surface area (Å²) in [5, 5.41) is 18.7. The maximum absolute atomic E-state index is 13.2. The highest BCUT2D eigenvalue weighted by molar-refractivity contribution is 5.47. The molecule has 15 heavy (non-hydrogen) atoms. The van der Waals surface area contributed by atoms with Crippen molar-refractivity contribution in [1.82, 2.24) is 0 Å². The van der Waals surface area contributed by atoms with Gasteiger partial charge in [-0.25, -0.2) is 8.78 Å². The summed E-state index contributed by atoms with van der Waals surface area (Å²) in [5.74, 6) is -3.44. The standard InChI is InChI=1S/C9H11F2NO3/c1-15-9-5(11)2-4(10)8(14)7(9)6(13)3-12/h2,6,13-14H,3,12H2,1H3. The van der Waals surface area contributed by atoms with Crippen LogP contribution in [0.15, 0.2) is 6.07 Å². The summed E-state index contributed by atoms with van der Waals surface area (Å²) in [5.41, 5.74) is 4.76. The molecule has 0 fully saturated rings. The molecule has 84 valence electrons. The van der Waals surface area contributed by atoms with E-state index in [1.54, 1.807) is 0 Å². The molecule has 0 radical (unpaired) electrons. The zero-order chi connectivity index (χ0) is 11.6. The molecule has 0 spiro atoms. The molecule has 0 saturated heterocycles. The Kier molecular flexibility index (Phi) is 3.43. The van der Waals surface area contributed by atoms with E-state index >= 15 is 0 Å². The van der Waals surface area contributed by atoms with Crippen molar-refractivity contribution in [2.75, 3.05) is 13.7 Å². The highest BCUT2D eigenvalue weighted by Gasteiger charge is 2.23. The van der Waals surface area contributed by atoms with Gasteiger partial charge in [-0.2, -0.15) is 0 Å². The number of rotatable bonds is 3. The number of nitrogens with two attached hydrogens (primary N) is 1. The molecule has 1 aromatic carbocycles. The van der Waals surface area contributed by atoms with E-state index in [-0.39, 0.29) is 12.1 Å². The lowest BCUT2D eigenvalue weighted by molar-refractivity contribution is 0.175. The lowest BCUT2D eigenvalue weighted by Crippen LogP contribution is -2.14. The molecule has 1 aromatic rings. The SMILES string of the molecule is COc1c(F)cc(F)c(O)c1C(O)CN. The van der Waals surface area contributed by atoms with Gasteiger partial charge >= 0.3 is 0 Å². The predicted molar refractivity (Wildman–Crippen MR) is 48.6 cm³/mol. The van der Waals surface area contributed by atoms with Crippen LogP contribution in [0.4, 0.5) is 8.78 Å². The van der Waals surface area contributed by atoms with Crippen LogP contribution in [0.1, 0.15) is 11.7 Å². The molecule has 4 N–H and O–H groups in total. The number of aromatic hydroxyl groups is 1. The third kappa shape index (κ3) is 2.00. The number of aliphatic hydroxyl groups is 1. The predicted octanol–water partition coefficient (Wildman–Crippen LogP) is 0.671. The van der Waals surface area contributed by atoms with E-state index in [2.05, 4.69) is 4.74 Å². The van der Waals surface area contributed by atoms with Gasteiger partial charge in [0.2, 0.25) is 0 Å². The highest BCUT2D eigenvalue weighted by atomic mass is 19.1. The number of halogens is 2. The third-order valence-corrected chi connectivity index (χ3v) is 1.96. The van der Waals surface area contributed by atoms with Gasteiger partial charge < -0.3 is 20.7 Å². The minimum Gasteiger partial charge on any atom is -0.504 e. The summed E-state index contributed by atoms with van der Waals surface area (Å²) in [7, 11) is 1.14. The molecule has 0 aliphatic carbocycles. The average Bonchev–Trinajstić information content (AvgIpc) is 2.21. The molecular weight excluding hydrogens is 208 g/mol. The first-order valence-electron chi connectivity index (χ1n) is 4.15. The number of aliphatic hydroxyl groups excluding tert-OH is 1. The molecule has 0 bridgehead atoms. The fourth-order valence-electron chi connectivity index (χ4n) is 1.24. The largest absolute Gasteiger partial charge is 0.504 e. The van der Waals surface area contributed by atoms with Crippen LogP contribution in [0, 0.1) is 11.6 Å². The van der Waals surface area contributed by atoms with E-state index in [1.807, 2.05) is 0 Å². The smallest absolute Gasteiger partial charge is 0.168 e. The van der Waals surface area contributed by atoms with Crippen molar-refractivity contribution >= 4 is 0 Å². The van der Waals surface area contributed by atoms with Gasteiger partial charge in [0.1, 0.15) is 0 Å². The maximum Gasteiger partial charge on any atom is 0.168 e. The molecule has 0 saturated carbocycles. The van der Waals surface area contributed by atoms with Gasteiger partial charge in [-0.05, 0) is 0 Å². The van der Waals surface area contributed by atoms with Crippen LogP contribution in [0.5, 0.6) is 11.5 Å². The third-order valence-electron chi connectivity index (χ3n) is 1.96. The van der Waals surface area contributed by atoms with Crippen LogP contribution in [-0.4, -0.2) is 23.9 Å². The number of hydrogen-bond donors (Lipinski definition) is 3. The molecule has 0 aliphatic rings. The molecular formula is C9H11F2NO3. The van der Waals surface area contributed by atoms with E-state index in [1.165, 1.54) is 0 Å². The first-order valence-corrected chi connectivity index (χ1v) is 4.15. The second-order valence-electron chi connectivity index (χ2n) is 2.89. The molecule has 4 nitrogen and oxygen atoms in total. The van der Waals surface area contributed by atoms with E-state index in [0.29, 0.717) is 6.07 Å². The van der Waals surface area contributed by atoms with Crippen LogP contribution in [0.3, 0.4) is 0 Å². The molecule has 1 unspecified atom stereocenters. The zero-order valence-electron chi connectivity index (χ0n) is 8.00. The summed E-state index contributed by atoms with van der Waals surface area (Å²) < 4.78 is 30.7. The minimum absolute atomic E-state index is 0.285. The molecule has 0 amide bonds. The minimum atomic E-state index is -1.38. The van der Waals surface area contributed by atoms with Gasteiger partial charge in [0.15, 0.2) is 23.1 Å². The average molecular weight is 219 g/mol. The van der Waals surface area contributed by atoms with Crippen molar-refractivity contribution in [3.05, 3.63) is 23.3 Å². The van der Waals surface area contributed by atoms with Crippen LogP contribution in [0.2, 0.25) is 0 Å². The Morgan fingerprint density at radius 2 is 2.07 bits per heavy atom. The molecule has 1 rings (SSSR count). The fourth-order valence-corrected chi connectivity index (χ4v) is 1.24. The van der Waals surface area contributed by atoms with Gasteiger partial charge in [0.05, 0.1) is 18.8 Å². The number of hydrogen-bond acceptors (Lipinski definition) is 4. The van der Waals surface area contributed by atoms with E-state index in [9.17, 15) is 19.0 Å². The van der Waals surface area contributed by atoms with Crippen LogP contribution in [-0.2, 0) is 0 Å². The fraction of sp³-hybridized carbons (Fsp3) is 0.333. The summed E-state index contributed by atoms with van der Waals surface area (Å²) in [6.07, 6.45) is -1.38. The number of methoxy groups -OCH3 is 1. The van der Waals surface area contributed by atoms with Gasteiger partial charge in [0, 0.05) is 12.6 Å². The van der Waals surface area contributed by atoms with Crippen molar-refractivity contribution in [1.29, 1.82) is 0 Å². The first kappa shape index (κ1) is 11.7. The highest BCUT2D eigenvalue weighted by Crippen LogP contribution is 2.37. The Morgan fingerprint density at radius 1 is 1.47 bits per heavy atom. The normalized spacial score (nSPS) is 12.6. The molecule has 6 heteroatoms. The Labute approximate surface area is 84.9 Å². The Morgan fingerprint density at radius 3 is 2.53 bits per heavy atom. The zero-order valence-corrected chi connectivity index (χ0v) is 8.00. The Bertz CT molecular complexity index is 371. The molecule has 0 aliphatic heterocycles. The molecule has 0 heterocycles. The summed E-state index contributed by atoms with van der Waals surface area (Å²) >= 11 is 0. The van der Waals surface area contributed by atoms with Crippen molar-refractivity contribution < 1.29 is 23.7 Å². The Hall–Kier alpha value is -1.40. The monoisotopic (exact) mass is 219 g/mol. The van der Waals surface area contributed by atoms with Gasteiger partial charge in [-0.15, -0.1) is 0 Å². The maximum atomic E-state index is 13.2. The van der Waals surface area contributed by atoms with Crippen LogP contribution >= 0.6 is 0 Å².